The monoisotopic (exact) mass is 363 g/mol. The van der Waals surface area contributed by atoms with Gasteiger partial charge >= 0.3 is 0 Å². The van der Waals surface area contributed by atoms with E-state index in [1.54, 1.807) is 37.4 Å². The zero-order valence-corrected chi connectivity index (χ0v) is 14.8. The predicted octanol–water partition coefficient (Wildman–Crippen LogP) is 3.67. The molecule has 1 saturated heterocycles. The molecule has 2 amide bonds. The van der Waals surface area contributed by atoms with Crippen molar-refractivity contribution in [2.24, 2.45) is 5.92 Å². The lowest BCUT2D eigenvalue weighted by atomic mass is 10.1. The fraction of sp³-hybridized carbons (Fsp3) is 0.190. The first-order chi connectivity index (χ1) is 13.0. The number of pyridine rings is 1. The van der Waals surface area contributed by atoms with E-state index in [2.05, 4.69) is 10.3 Å². The van der Waals surface area contributed by atoms with Gasteiger partial charge in [-0.1, -0.05) is 12.1 Å². The maximum Gasteiger partial charge on any atom is 0.229 e. The van der Waals surface area contributed by atoms with Crippen LogP contribution in [0.1, 0.15) is 12.0 Å². The molecule has 0 aliphatic carbocycles. The van der Waals surface area contributed by atoms with Crippen LogP contribution in [0.25, 0.3) is 10.9 Å². The first-order valence-corrected chi connectivity index (χ1v) is 8.74. The Morgan fingerprint density at radius 3 is 2.89 bits per heavy atom. The van der Waals surface area contributed by atoms with E-state index >= 15 is 0 Å². The fourth-order valence-corrected chi connectivity index (χ4v) is 3.39. The van der Waals surface area contributed by atoms with Crippen molar-refractivity contribution in [2.45, 2.75) is 13.3 Å². The second kappa shape index (κ2) is 6.79. The Bertz CT molecular complexity index is 1050. The molecule has 1 aliphatic heterocycles. The molecule has 3 aromatic rings. The summed E-state index contributed by atoms with van der Waals surface area (Å²) in [6, 6.07) is 13.9. The summed E-state index contributed by atoms with van der Waals surface area (Å²) in [6.07, 6.45) is 1.75. The molecule has 0 saturated carbocycles. The molecule has 0 spiro atoms. The molecule has 2 aromatic carbocycles. The molecule has 5 nitrogen and oxygen atoms in total. The predicted molar refractivity (Wildman–Crippen MR) is 102 cm³/mol. The number of amides is 2. The number of hydrogen-bond acceptors (Lipinski definition) is 3. The number of carbonyl (C=O) groups is 2. The topological polar surface area (TPSA) is 62.3 Å². The number of hydrogen-bond donors (Lipinski definition) is 1. The van der Waals surface area contributed by atoms with E-state index in [0.717, 1.165) is 16.5 Å². The van der Waals surface area contributed by atoms with Gasteiger partial charge in [-0.2, -0.15) is 0 Å². The number of anilines is 2. The van der Waals surface area contributed by atoms with Crippen LogP contribution >= 0.6 is 0 Å². The minimum Gasteiger partial charge on any atom is -0.325 e. The number of aryl methyl sites for hydroxylation is 1. The SMILES string of the molecule is Cc1ccc(N2CC(C(=O)Nc3cccc4ncccc34)CC2=O)c(F)c1. The molecule has 1 aromatic heterocycles. The summed E-state index contributed by atoms with van der Waals surface area (Å²) in [7, 11) is 0. The summed E-state index contributed by atoms with van der Waals surface area (Å²) in [5, 5.41) is 3.72. The van der Waals surface area contributed by atoms with Crippen molar-refractivity contribution >= 4 is 34.1 Å². The zero-order valence-electron chi connectivity index (χ0n) is 14.8. The third kappa shape index (κ3) is 3.26. The van der Waals surface area contributed by atoms with Crippen molar-refractivity contribution in [1.29, 1.82) is 0 Å². The van der Waals surface area contributed by atoms with Crippen LogP contribution in [0.4, 0.5) is 15.8 Å². The van der Waals surface area contributed by atoms with Gasteiger partial charge in [0.2, 0.25) is 11.8 Å². The number of rotatable bonds is 3. The molecule has 27 heavy (non-hydrogen) atoms. The van der Waals surface area contributed by atoms with Crippen molar-refractivity contribution in [3.63, 3.8) is 0 Å². The lowest BCUT2D eigenvalue weighted by Crippen LogP contribution is -2.28. The summed E-state index contributed by atoms with van der Waals surface area (Å²) in [4.78, 5) is 30.7. The molecule has 1 N–H and O–H groups in total. The van der Waals surface area contributed by atoms with E-state index < -0.39 is 11.7 Å². The van der Waals surface area contributed by atoms with Gasteiger partial charge in [-0.25, -0.2) is 4.39 Å². The Hall–Kier alpha value is -3.28. The van der Waals surface area contributed by atoms with Gasteiger partial charge in [0.1, 0.15) is 5.82 Å². The van der Waals surface area contributed by atoms with E-state index in [-0.39, 0.29) is 30.5 Å². The smallest absolute Gasteiger partial charge is 0.229 e. The van der Waals surface area contributed by atoms with Crippen molar-refractivity contribution < 1.29 is 14.0 Å². The summed E-state index contributed by atoms with van der Waals surface area (Å²) in [5.74, 6) is -1.50. The minimum atomic E-state index is -0.537. The van der Waals surface area contributed by atoms with Gasteiger partial charge in [0.25, 0.3) is 0 Å². The van der Waals surface area contributed by atoms with Gasteiger partial charge in [-0.15, -0.1) is 0 Å². The molecular weight excluding hydrogens is 345 g/mol. The van der Waals surface area contributed by atoms with E-state index in [4.69, 9.17) is 0 Å². The van der Waals surface area contributed by atoms with Gasteiger partial charge in [0.05, 0.1) is 22.8 Å². The summed E-state index contributed by atoms with van der Waals surface area (Å²) in [5.41, 5.74) is 2.43. The second-order valence-electron chi connectivity index (χ2n) is 6.73. The highest BCUT2D eigenvalue weighted by molar-refractivity contribution is 6.06. The highest BCUT2D eigenvalue weighted by Gasteiger charge is 2.36. The number of fused-ring (bicyclic) bond motifs is 1. The zero-order chi connectivity index (χ0) is 19.0. The van der Waals surface area contributed by atoms with Gasteiger partial charge in [-0.3, -0.25) is 14.6 Å². The number of aromatic nitrogens is 1. The fourth-order valence-electron chi connectivity index (χ4n) is 3.39. The van der Waals surface area contributed by atoms with Crippen LogP contribution in [0.15, 0.2) is 54.7 Å². The molecule has 6 heteroatoms. The molecule has 1 aliphatic rings. The third-order valence-corrected chi connectivity index (χ3v) is 4.79. The van der Waals surface area contributed by atoms with Crippen LogP contribution in [0.2, 0.25) is 0 Å². The molecule has 136 valence electrons. The highest BCUT2D eigenvalue weighted by Crippen LogP contribution is 2.29. The van der Waals surface area contributed by atoms with Crippen LogP contribution in [0.5, 0.6) is 0 Å². The number of carbonyl (C=O) groups excluding carboxylic acids is 2. The maximum absolute atomic E-state index is 14.2. The molecule has 1 unspecified atom stereocenters. The van der Waals surface area contributed by atoms with Crippen LogP contribution in [0.3, 0.4) is 0 Å². The Labute approximate surface area is 155 Å². The summed E-state index contributed by atoms with van der Waals surface area (Å²) >= 11 is 0. The lowest BCUT2D eigenvalue weighted by molar-refractivity contribution is -0.122. The Morgan fingerprint density at radius 1 is 1.22 bits per heavy atom. The minimum absolute atomic E-state index is 0.0577. The molecule has 2 heterocycles. The number of nitrogens with zero attached hydrogens (tertiary/aromatic N) is 2. The van der Waals surface area contributed by atoms with Gasteiger partial charge in [-0.05, 0) is 48.9 Å². The average Bonchev–Trinajstić information content (AvgIpc) is 3.04. The standard InChI is InChI=1S/C21H18FN3O2/c1-13-7-8-19(16(22)10-13)25-12-14(11-20(25)26)21(27)24-18-6-2-5-17-15(18)4-3-9-23-17/h2-10,14H,11-12H2,1H3,(H,24,27). The normalized spacial score (nSPS) is 16.7. The first-order valence-electron chi connectivity index (χ1n) is 8.74. The highest BCUT2D eigenvalue weighted by atomic mass is 19.1. The maximum atomic E-state index is 14.2. The van der Waals surface area contributed by atoms with E-state index in [1.165, 1.54) is 11.0 Å². The molecular formula is C21H18FN3O2. The van der Waals surface area contributed by atoms with Crippen LogP contribution in [0, 0.1) is 18.7 Å². The summed E-state index contributed by atoms with van der Waals surface area (Å²) in [6.45, 7) is 1.95. The van der Waals surface area contributed by atoms with E-state index in [0.29, 0.717) is 5.69 Å². The number of nitrogens with one attached hydrogen (secondary N) is 1. The van der Waals surface area contributed by atoms with Gasteiger partial charge in [0.15, 0.2) is 0 Å². The van der Waals surface area contributed by atoms with Crippen molar-refractivity contribution in [1.82, 2.24) is 4.98 Å². The molecule has 4 rings (SSSR count). The number of halogens is 1. The Balaban J connectivity index is 1.54. The molecule has 0 bridgehead atoms. The van der Waals surface area contributed by atoms with E-state index in [9.17, 15) is 14.0 Å². The van der Waals surface area contributed by atoms with Crippen LogP contribution < -0.4 is 10.2 Å². The Morgan fingerprint density at radius 2 is 2.07 bits per heavy atom. The molecule has 0 radical (unpaired) electrons. The van der Waals surface area contributed by atoms with Crippen molar-refractivity contribution in [2.75, 3.05) is 16.8 Å². The average molecular weight is 363 g/mol. The van der Waals surface area contributed by atoms with Gasteiger partial charge < -0.3 is 10.2 Å². The van der Waals surface area contributed by atoms with E-state index in [1.807, 2.05) is 18.2 Å². The molecule has 1 atom stereocenters. The van der Waals surface area contributed by atoms with Gasteiger partial charge in [0, 0.05) is 24.5 Å². The van der Waals surface area contributed by atoms with Crippen LogP contribution in [-0.4, -0.2) is 23.3 Å². The number of benzene rings is 2. The summed E-state index contributed by atoms with van der Waals surface area (Å²) < 4.78 is 14.2. The van der Waals surface area contributed by atoms with Crippen molar-refractivity contribution in [3.8, 4) is 0 Å². The van der Waals surface area contributed by atoms with Crippen molar-refractivity contribution in [3.05, 3.63) is 66.1 Å². The second-order valence-corrected chi connectivity index (χ2v) is 6.73. The van der Waals surface area contributed by atoms with Crippen LogP contribution in [-0.2, 0) is 9.59 Å². The largest absolute Gasteiger partial charge is 0.325 e. The lowest BCUT2D eigenvalue weighted by Gasteiger charge is -2.18. The quantitative estimate of drug-likeness (QED) is 0.772. The molecule has 1 fully saturated rings. The third-order valence-electron chi connectivity index (χ3n) is 4.79. The first kappa shape index (κ1) is 17.1. The Kier molecular flexibility index (Phi) is 4.32.